The zero-order chi connectivity index (χ0) is 9.68. The van der Waals surface area contributed by atoms with Gasteiger partial charge in [0, 0.05) is 13.0 Å². The van der Waals surface area contributed by atoms with E-state index in [1.54, 1.807) is 18.2 Å². The van der Waals surface area contributed by atoms with Crippen molar-refractivity contribution in [3.05, 3.63) is 24.3 Å². The molecule has 0 aliphatic rings. The Hall–Kier alpha value is -1.58. The predicted octanol–water partition coefficient (Wildman–Crippen LogP) is 1.92. The van der Waals surface area contributed by atoms with E-state index in [1.807, 2.05) is 0 Å². The van der Waals surface area contributed by atoms with E-state index >= 15 is 0 Å². The van der Waals surface area contributed by atoms with Crippen LogP contribution in [0.25, 0.3) is 0 Å². The van der Waals surface area contributed by atoms with Crippen LogP contribution in [0.1, 0.15) is 6.92 Å². The second kappa shape index (κ2) is 4.45. The van der Waals surface area contributed by atoms with Crippen molar-refractivity contribution in [3.8, 4) is 11.5 Å². The summed E-state index contributed by atoms with van der Waals surface area (Å²) in [5.41, 5.74) is 0. The Morgan fingerprint density at radius 3 is 2.77 bits per heavy atom. The van der Waals surface area contributed by atoms with Gasteiger partial charge in [0.15, 0.2) is 0 Å². The van der Waals surface area contributed by atoms with Gasteiger partial charge in [0.1, 0.15) is 11.5 Å². The highest BCUT2D eigenvalue weighted by molar-refractivity contribution is 5.69. The molecule has 0 amide bonds. The molecule has 0 aliphatic carbocycles. The number of halogens is 1. The van der Waals surface area contributed by atoms with Crippen LogP contribution in [0.3, 0.4) is 0 Å². The maximum atomic E-state index is 11.7. The Morgan fingerprint density at radius 1 is 1.46 bits per heavy atom. The van der Waals surface area contributed by atoms with Crippen LogP contribution >= 0.6 is 0 Å². The summed E-state index contributed by atoms with van der Waals surface area (Å²) in [4.78, 5) is 10.5. The van der Waals surface area contributed by atoms with Gasteiger partial charge in [-0.3, -0.25) is 4.79 Å². The van der Waals surface area contributed by atoms with Crippen LogP contribution in [0.2, 0.25) is 0 Å². The van der Waals surface area contributed by atoms with Crippen molar-refractivity contribution >= 4 is 5.97 Å². The lowest BCUT2D eigenvalue weighted by Gasteiger charge is -2.03. The maximum Gasteiger partial charge on any atom is 0.308 e. The summed E-state index contributed by atoms with van der Waals surface area (Å²) in [6, 6.07) is 6.23. The number of rotatable bonds is 3. The van der Waals surface area contributed by atoms with Gasteiger partial charge in [-0.1, -0.05) is 6.07 Å². The summed E-state index contributed by atoms with van der Waals surface area (Å²) in [5, 5.41) is 0. The number of hydrogen-bond donors (Lipinski definition) is 0. The van der Waals surface area contributed by atoms with Crippen LogP contribution in [0.4, 0.5) is 4.39 Å². The molecule has 4 heteroatoms. The largest absolute Gasteiger partial charge is 0.463 e. The Morgan fingerprint density at radius 2 is 2.15 bits per heavy atom. The van der Waals surface area contributed by atoms with E-state index in [0.29, 0.717) is 11.5 Å². The molecule has 70 valence electrons. The van der Waals surface area contributed by atoms with Crippen molar-refractivity contribution < 1.29 is 18.7 Å². The summed E-state index contributed by atoms with van der Waals surface area (Å²) >= 11 is 0. The number of esters is 1. The summed E-state index contributed by atoms with van der Waals surface area (Å²) in [6.45, 7) is 0.395. The van der Waals surface area contributed by atoms with E-state index in [0.717, 1.165) is 0 Å². The average Bonchev–Trinajstić information content (AvgIpc) is 2.04. The predicted molar refractivity (Wildman–Crippen MR) is 44.4 cm³/mol. The van der Waals surface area contributed by atoms with Gasteiger partial charge in [0.05, 0.1) is 0 Å². The van der Waals surface area contributed by atoms with Crippen LogP contribution in [0.5, 0.6) is 11.5 Å². The number of benzene rings is 1. The van der Waals surface area contributed by atoms with Crippen molar-refractivity contribution in [1.29, 1.82) is 0 Å². The Balaban J connectivity index is 2.73. The number of ether oxygens (including phenoxy) is 2. The summed E-state index contributed by atoms with van der Waals surface area (Å²) in [5.74, 6) is 0.261. The molecule has 0 unspecified atom stereocenters. The molecule has 3 nitrogen and oxygen atoms in total. The van der Waals surface area contributed by atoms with Crippen molar-refractivity contribution in [2.75, 3.05) is 6.86 Å². The van der Waals surface area contributed by atoms with E-state index in [1.165, 1.54) is 13.0 Å². The van der Waals surface area contributed by atoms with Crippen LogP contribution in [0.15, 0.2) is 24.3 Å². The van der Waals surface area contributed by atoms with Gasteiger partial charge in [0.2, 0.25) is 6.86 Å². The van der Waals surface area contributed by atoms with Crippen molar-refractivity contribution in [2.24, 2.45) is 0 Å². The van der Waals surface area contributed by atoms with Gasteiger partial charge >= 0.3 is 5.97 Å². The summed E-state index contributed by atoms with van der Waals surface area (Å²) in [6.07, 6.45) is 0. The number of carbonyl (C=O) groups is 1. The Bertz CT molecular complexity index is 299. The van der Waals surface area contributed by atoms with Gasteiger partial charge < -0.3 is 9.47 Å². The summed E-state index contributed by atoms with van der Waals surface area (Å²) in [7, 11) is 0. The standard InChI is InChI=1S/C9H9FO3/c1-7(11)13-9-4-2-3-8(5-9)12-6-10/h2-5H,6H2,1H3. The monoisotopic (exact) mass is 184 g/mol. The van der Waals surface area contributed by atoms with Crippen LogP contribution < -0.4 is 9.47 Å². The Kier molecular flexibility index (Phi) is 3.25. The third-order valence-electron chi connectivity index (χ3n) is 1.29. The molecule has 0 saturated heterocycles. The van der Waals surface area contributed by atoms with Gasteiger partial charge in [0.25, 0.3) is 0 Å². The molecule has 0 radical (unpaired) electrons. The molecule has 0 atom stereocenters. The second-order valence-electron chi connectivity index (χ2n) is 2.32. The smallest absolute Gasteiger partial charge is 0.308 e. The average molecular weight is 184 g/mol. The fraction of sp³-hybridized carbons (Fsp3) is 0.222. The SMILES string of the molecule is CC(=O)Oc1cccc(OCF)c1. The number of carbonyl (C=O) groups excluding carboxylic acids is 1. The molecule has 1 aromatic rings. The first kappa shape index (κ1) is 9.51. The molecule has 1 aromatic carbocycles. The molecule has 13 heavy (non-hydrogen) atoms. The third-order valence-corrected chi connectivity index (χ3v) is 1.29. The second-order valence-corrected chi connectivity index (χ2v) is 2.32. The zero-order valence-electron chi connectivity index (χ0n) is 7.12. The van der Waals surface area contributed by atoms with E-state index in [2.05, 4.69) is 4.74 Å². The molecule has 0 saturated carbocycles. The van der Waals surface area contributed by atoms with Crippen molar-refractivity contribution in [3.63, 3.8) is 0 Å². The van der Waals surface area contributed by atoms with E-state index < -0.39 is 12.8 Å². The topological polar surface area (TPSA) is 35.5 Å². The molecule has 0 aromatic heterocycles. The van der Waals surface area contributed by atoms with Crippen LogP contribution in [0, 0.1) is 0 Å². The molecule has 0 N–H and O–H groups in total. The fourth-order valence-corrected chi connectivity index (χ4v) is 0.856. The molecular formula is C9H9FO3. The molecular weight excluding hydrogens is 175 g/mol. The highest BCUT2D eigenvalue weighted by atomic mass is 19.1. The first-order valence-electron chi connectivity index (χ1n) is 3.69. The van der Waals surface area contributed by atoms with Gasteiger partial charge in [-0.05, 0) is 12.1 Å². The van der Waals surface area contributed by atoms with Gasteiger partial charge in [-0.2, -0.15) is 0 Å². The van der Waals surface area contributed by atoms with E-state index in [-0.39, 0.29) is 0 Å². The molecule has 0 heterocycles. The first-order valence-corrected chi connectivity index (χ1v) is 3.69. The molecule has 0 fully saturated rings. The van der Waals surface area contributed by atoms with Gasteiger partial charge in [-0.25, -0.2) is 4.39 Å². The van der Waals surface area contributed by atoms with Crippen molar-refractivity contribution in [2.45, 2.75) is 6.92 Å². The molecule has 0 spiro atoms. The Labute approximate surface area is 75.1 Å². The minimum absolute atomic E-state index is 0.334. The lowest BCUT2D eigenvalue weighted by atomic mass is 10.3. The van der Waals surface area contributed by atoms with Crippen LogP contribution in [-0.2, 0) is 4.79 Å². The lowest BCUT2D eigenvalue weighted by molar-refractivity contribution is -0.131. The number of alkyl halides is 1. The molecule has 1 rings (SSSR count). The normalized spacial score (nSPS) is 9.38. The molecule has 0 aliphatic heterocycles. The van der Waals surface area contributed by atoms with Crippen molar-refractivity contribution in [1.82, 2.24) is 0 Å². The minimum atomic E-state index is -0.899. The summed E-state index contributed by atoms with van der Waals surface area (Å²) < 4.78 is 21.1. The van der Waals surface area contributed by atoms with E-state index in [4.69, 9.17) is 4.74 Å². The third kappa shape index (κ3) is 3.11. The highest BCUT2D eigenvalue weighted by Gasteiger charge is 1.99. The maximum absolute atomic E-state index is 11.7. The minimum Gasteiger partial charge on any atom is -0.463 e. The number of hydrogen-bond acceptors (Lipinski definition) is 3. The lowest BCUT2D eigenvalue weighted by Crippen LogP contribution is -2.01. The quantitative estimate of drug-likeness (QED) is 0.531. The van der Waals surface area contributed by atoms with E-state index in [9.17, 15) is 9.18 Å². The fourth-order valence-electron chi connectivity index (χ4n) is 0.856. The molecule has 0 bridgehead atoms. The highest BCUT2D eigenvalue weighted by Crippen LogP contribution is 2.19. The first-order chi connectivity index (χ1) is 6.22. The zero-order valence-corrected chi connectivity index (χ0v) is 7.12. The van der Waals surface area contributed by atoms with Gasteiger partial charge in [-0.15, -0.1) is 0 Å². The van der Waals surface area contributed by atoms with Crippen LogP contribution in [-0.4, -0.2) is 12.8 Å².